The lowest BCUT2D eigenvalue weighted by Gasteiger charge is -2.20. The lowest BCUT2D eigenvalue weighted by atomic mass is 9.88. The lowest BCUT2D eigenvalue weighted by Crippen LogP contribution is -2.20. The van der Waals surface area contributed by atoms with Crippen molar-refractivity contribution in [3.63, 3.8) is 0 Å². The summed E-state index contributed by atoms with van der Waals surface area (Å²) in [5.41, 5.74) is 2.85. The number of urea groups is 1. The van der Waals surface area contributed by atoms with Crippen molar-refractivity contribution < 1.29 is 4.79 Å². The van der Waals surface area contributed by atoms with E-state index in [-0.39, 0.29) is 6.03 Å². The average molecular weight is 389 g/mol. The zero-order valence-corrected chi connectivity index (χ0v) is 17.3. The van der Waals surface area contributed by atoms with Crippen LogP contribution in [0.1, 0.15) is 56.9 Å². The van der Waals surface area contributed by atoms with E-state index in [1.807, 2.05) is 48.5 Å². The third kappa shape index (κ3) is 6.94. The van der Waals surface area contributed by atoms with Crippen molar-refractivity contribution in [1.29, 1.82) is 0 Å². The molecule has 0 heterocycles. The Labute approximate surface area is 174 Å². The molecule has 3 nitrogen and oxygen atoms in total. The highest BCUT2D eigenvalue weighted by Crippen LogP contribution is 2.32. The van der Waals surface area contributed by atoms with Gasteiger partial charge in [-0.25, -0.2) is 4.79 Å². The summed E-state index contributed by atoms with van der Waals surface area (Å²) in [7, 11) is 0. The standard InChI is InChI=1S/C19H20N2O.C7H12/c22-19(20-16-11-5-2-6-12-16)21-18-14-8-7-13-17(18)15-9-3-1-4-10-15;1-7-5-3-2-4-6-7/h2-3,5-9,11-15H,1,4,10H2,(H2,20,21,22);3,5,7H,2,4,6H2,1H3. The molecule has 2 unspecified atom stereocenters. The average Bonchev–Trinajstić information content (AvgIpc) is 2.76. The fourth-order valence-electron chi connectivity index (χ4n) is 3.79. The minimum atomic E-state index is -0.210. The molecule has 0 fully saturated rings. The number of carbonyl (C=O) groups excluding carboxylic acids is 1. The molecule has 152 valence electrons. The van der Waals surface area contributed by atoms with Crippen LogP contribution in [0.15, 0.2) is 78.9 Å². The van der Waals surface area contributed by atoms with Crippen LogP contribution in [0.3, 0.4) is 0 Å². The van der Waals surface area contributed by atoms with Crippen LogP contribution in [0.4, 0.5) is 16.2 Å². The molecule has 2 amide bonds. The first-order valence-corrected chi connectivity index (χ1v) is 10.8. The lowest BCUT2D eigenvalue weighted by molar-refractivity contribution is 0.262. The largest absolute Gasteiger partial charge is 0.323 e. The summed E-state index contributed by atoms with van der Waals surface area (Å²) in [6.45, 7) is 2.27. The summed E-state index contributed by atoms with van der Waals surface area (Å²) in [4.78, 5) is 12.2. The van der Waals surface area contributed by atoms with Gasteiger partial charge in [-0.3, -0.25) is 0 Å². The molecule has 2 aliphatic rings. The van der Waals surface area contributed by atoms with Gasteiger partial charge in [0.15, 0.2) is 0 Å². The second-order valence-electron chi connectivity index (χ2n) is 7.83. The summed E-state index contributed by atoms with van der Waals surface area (Å²) in [5.74, 6) is 1.25. The fourth-order valence-corrected chi connectivity index (χ4v) is 3.79. The van der Waals surface area contributed by atoms with Gasteiger partial charge in [-0.05, 0) is 68.2 Å². The van der Waals surface area contributed by atoms with Crippen LogP contribution in [0.2, 0.25) is 0 Å². The van der Waals surface area contributed by atoms with Crippen LogP contribution in [-0.4, -0.2) is 6.03 Å². The molecule has 0 saturated carbocycles. The van der Waals surface area contributed by atoms with E-state index >= 15 is 0 Å². The van der Waals surface area contributed by atoms with Crippen molar-refractivity contribution in [3.8, 4) is 0 Å². The fraction of sp³-hybridized carbons (Fsp3) is 0.346. The smallest absolute Gasteiger partial charge is 0.308 e. The zero-order valence-electron chi connectivity index (χ0n) is 17.3. The quantitative estimate of drug-likeness (QED) is 0.525. The molecular weight excluding hydrogens is 356 g/mol. The van der Waals surface area contributed by atoms with Gasteiger partial charge in [0.1, 0.15) is 0 Å². The normalized spacial score (nSPS) is 20.3. The molecule has 0 aliphatic heterocycles. The number of amides is 2. The number of para-hydroxylation sites is 2. The van der Waals surface area contributed by atoms with Crippen LogP contribution in [0.25, 0.3) is 0 Å². The van der Waals surface area contributed by atoms with Crippen molar-refractivity contribution in [2.75, 3.05) is 10.6 Å². The van der Waals surface area contributed by atoms with E-state index in [0.29, 0.717) is 5.92 Å². The minimum Gasteiger partial charge on any atom is -0.308 e. The predicted octanol–water partition coefficient (Wildman–Crippen LogP) is 7.52. The van der Waals surface area contributed by atoms with Gasteiger partial charge in [-0.1, -0.05) is 67.6 Å². The van der Waals surface area contributed by atoms with Crippen LogP contribution in [0.5, 0.6) is 0 Å². The molecule has 0 spiro atoms. The first-order valence-electron chi connectivity index (χ1n) is 10.8. The predicted molar refractivity (Wildman–Crippen MR) is 123 cm³/mol. The Morgan fingerprint density at radius 3 is 2.14 bits per heavy atom. The maximum Gasteiger partial charge on any atom is 0.323 e. The first kappa shape index (κ1) is 20.9. The molecule has 0 saturated heterocycles. The van der Waals surface area contributed by atoms with E-state index in [1.54, 1.807) is 0 Å². The highest BCUT2D eigenvalue weighted by atomic mass is 16.2. The summed E-state index contributed by atoms with van der Waals surface area (Å²) >= 11 is 0. The van der Waals surface area contributed by atoms with E-state index in [1.165, 1.54) is 31.2 Å². The SMILES string of the molecule is CC1C=CCCC1.O=C(Nc1ccccc1)Nc1ccccc1C1C=CCCC1. The molecule has 0 bridgehead atoms. The van der Waals surface area contributed by atoms with Crippen LogP contribution < -0.4 is 10.6 Å². The maximum atomic E-state index is 12.2. The highest BCUT2D eigenvalue weighted by molar-refractivity contribution is 6.00. The van der Waals surface area contributed by atoms with E-state index < -0.39 is 0 Å². The number of anilines is 2. The van der Waals surface area contributed by atoms with Gasteiger partial charge in [-0.2, -0.15) is 0 Å². The van der Waals surface area contributed by atoms with Gasteiger partial charge < -0.3 is 10.6 Å². The highest BCUT2D eigenvalue weighted by Gasteiger charge is 2.15. The number of rotatable bonds is 3. The van der Waals surface area contributed by atoms with Gasteiger partial charge in [-0.15, -0.1) is 0 Å². The zero-order chi connectivity index (χ0) is 20.3. The first-order chi connectivity index (χ1) is 14.2. The second-order valence-corrected chi connectivity index (χ2v) is 7.83. The van der Waals surface area contributed by atoms with Gasteiger partial charge in [0.05, 0.1) is 0 Å². The summed E-state index contributed by atoms with van der Waals surface area (Å²) in [6.07, 6.45) is 16.7. The maximum absolute atomic E-state index is 12.2. The summed E-state index contributed by atoms with van der Waals surface area (Å²) in [5, 5.41) is 5.82. The minimum absolute atomic E-state index is 0.210. The molecule has 0 radical (unpaired) electrons. The molecule has 2 aromatic rings. The third-order valence-electron chi connectivity index (χ3n) is 5.39. The van der Waals surface area contributed by atoms with Crippen molar-refractivity contribution in [2.24, 2.45) is 5.92 Å². The Bertz CT molecular complexity index is 826. The Hall–Kier alpha value is -2.81. The van der Waals surface area contributed by atoms with Gasteiger partial charge in [0, 0.05) is 17.3 Å². The molecular formula is C26H32N2O. The monoisotopic (exact) mass is 388 g/mol. The Morgan fingerprint density at radius 2 is 1.52 bits per heavy atom. The van der Waals surface area contributed by atoms with Crippen LogP contribution >= 0.6 is 0 Å². The van der Waals surface area contributed by atoms with Gasteiger partial charge in [0.25, 0.3) is 0 Å². The van der Waals surface area contributed by atoms with Gasteiger partial charge in [0.2, 0.25) is 0 Å². The molecule has 2 aliphatic carbocycles. The van der Waals surface area contributed by atoms with Crippen molar-refractivity contribution in [1.82, 2.24) is 0 Å². The van der Waals surface area contributed by atoms with Crippen LogP contribution in [0, 0.1) is 5.92 Å². The Balaban J connectivity index is 0.000000290. The van der Waals surface area contributed by atoms with E-state index in [4.69, 9.17) is 0 Å². The Morgan fingerprint density at radius 1 is 0.828 bits per heavy atom. The number of hydrogen-bond acceptors (Lipinski definition) is 1. The number of carbonyl (C=O) groups is 1. The summed E-state index contributed by atoms with van der Waals surface area (Å²) < 4.78 is 0. The van der Waals surface area contributed by atoms with Crippen molar-refractivity contribution in [2.45, 2.75) is 51.4 Å². The topological polar surface area (TPSA) is 41.1 Å². The molecule has 2 atom stereocenters. The van der Waals surface area contributed by atoms with Crippen LogP contribution in [-0.2, 0) is 0 Å². The number of hydrogen-bond donors (Lipinski definition) is 2. The van der Waals surface area contributed by atoms with Crippen molar-refractivity contribution in [3.05, 3.63) is 84.5 Å². The molecule has 2 aromatic carbocycles. The molecule has 4 rings (SSSR count). The molecule has 2 N–H and O–H groups in total. The van der Waals surface area contributed by atoms with Gasteiger partial charge >= 0.3 is 6.03 Å². The second kappa shape index (κ2) is 11.3. The molecule has 0 aromatic heterocycles. The van der Waals surface area contributed by atoms with Crippen molar-refractivity contribution >= 4 is 17.4 Å². The number of nitrogens with one attached hydrogen (secondary N) is 2. The Kier molecular flexibility index (Phi) is 8.12. The van der Waals surface area contributed by atoms with E-state index in [0.717, 1.165) is 30.1 Å². The molecule has 29 heavy (non-hydrogen) atoms. The molecule has 3 heteroatoms. The van der Waals surface area contributed by atoms with E-state index in [9.17, 15) is 4.79 Å². The van der Waals surface area contributed by atoms with E-state index in [2.05, 4.69) is 47.9 Å². The third-order valence-corrected chi connectivity index (χ3v) is 5.39. The summed E-state index contributed by atoms with van der Waals surface area (Å²) in [6, 6.07) is 17.3. The number of benzene rings is 2. The number of allylic oxidation sites excluding steroid dienone is 4.